The van der Waals surface area contributed by atoms with E-state index < -0.39 is 0 Å². The molecule has 0 amide bonds. The number of aromatic nitrogens is 2. The van der Waals surface area contributed by atoms with Crippen molar-refractivity contribution in [3.8, 4) is 21.7 Å². The Morgan fingerprint density at radius 1 is 0.730 bits per heavy atom. The summed E-state index contributed by atoms with van der Waals surface area (Å²) < 4.78 is 13.8. The van der Waals surface area contributed by atoms with Gasteiger partial charge in [-0.3, -0.25) is 0 Å². The van der Waals surface area contributed by atoms with E-state index in [0.29, 0.717) is 0 Å². The fourth-order valence-electron chi connectivity index (χ4n) is 5.08. The van der Waals surface area contributed by atoms with Crippen molar-refractivity contribution in [1.29, 1.82) is 0 Å². The van der Waals surface area contributed by atoms with Crippen molar-refractivity contribution < 1.29 is 9.31 Å². The minimum atomic E-state index is -0.375. The number of aromatic amines is 1. The normalized spacial score (nSPS) is 16.8. The summed E-state index contributed by atoms with van der Waals surface area (Å²) in [6.45, 7) is 8.35. The summed E-state index contributed by atoms with van der Waals surface area (Å²) in [5.41, 5.74) is 7.08. The van der Waals surface area contributed by atoms with E-state index in [9.17, 15) is 0 Å². The molecule has 7 rings (SSSR count). The SMILES string of the molecule is CC1(C)OB(c2cccc(-c3ccc4[nH]c5c(ccc6nc(-c7ccccc7)sc65)c4c3)c2)OC1(C)C. The summed E-state index contributed by atoms with van der Waals surface area (Å²) in [6.07, 6.45) is 0. The highest BCUT2D eigenvalue weighted by molar-refractivity contribution is 7.22. The number of H-pyrrole nitrogens is 1. The Hall–Kier alpha value is -3.45. The van der Waals surface area contributed by atoms with Crippen LogP contribution < -0.4 is 5.46 Å². The molecule has 0 aliphatic carbocycles. The Balaban J connectivity index is 1.30. The second kappa shape index (κ2) is 8.03. The first-order valence-corrected chi connectivity index (χ1v) is 13.5. The van der Waals surface area contributed by atoms with E-state index in [0.717, 1.165) is 38.1 Å². The second-order valence-electron chi connectivity index (χ2n) is 10.8. The lowest BCUT2D eigenvalue weighted by Crippen LogP contribution is -2.41. The molecule has 0 unspecified atom stereocenters. The van der Waals surface area contributed by atoms with Crippen LogP contribution in [0.2, 0.25) is 0 Å². The monoisotopic (exact) mass is 502 g/mol. The summed E-state index contributed by atoms with van der Waals surface area (Å²) in [7, 11) is -0.375. The van der Waals surface area contributed by atoms with E-state index in [2.05, 4.69) is 112 Å². The molecule has 0 atom stereocenters. The minimum absolute atomic E-state index is 0.362. The van der Waals surface area contributed by atoms with Crippen LogP contribution in [0.5, 0.6) is 0 Å². The predicted octanol–water partition coefficient (Wildman–Crippen LogP) is 7.56. The lowest BCUT2D eigenvalue weighted by Gasteiger charge is -2.32. The molecule has 182 valence electrons. The van der Waals surface area contributed by atoms with Crippen molar-refractivity contribution in [2.24, 2.45) is 0 Å². The number of hydrogen-bond donors (Lipinski definition) is 1. The molecule has 4 aromatic carbocycles. The van der Waals surface area contributed by atoms with Crippen molar-refractivity contribution >= 4 is 55.9 Å². The summed E-state index contributed by atoms with van der Waals surface area (Å²) in [5, 5.41) is 3.47. The Kier molecular flexibility index (Phi) is 4.93. The van der Waals surface area contributed by atoms with Crippen LogP contribution in [0.15, 0.2) is 84.9 Å². The standard InChI is InChI=1S/C31H27BN2O2S/c1-30(2)31(3,4)36-32(35-30)22-12-8-11-20(17-22)21-13-15-25-24(18-21)23-14-16-26-28(27(23)33-25)37-29(34-26)19-9-6-5-7-10-19/h5-18,33H,1-4H3. The Morgan fingerprint density at radius 3 is 2.24 bits per heavy atom. The summed E-state index contributed by atoms with van der Waals surface area (Å²) >= 11 is 1.74. The molecule has 1 saturated heterocycles. The maximum Gasteiger partial charge on any atom is 0.494 e. The quantitative estimate of drug-likeness (QED) is 0.254. The molecule has 1 N–H and O–H groups in total. The molecule has 6 aromatic rings. The van der Waals surface area contributed by atoms with Crippen LogP contribution in [-0.4, -0.2) is 28.3 Å². The minimum Gasteiger partial charge on any atom is -0.399 e. The van der Waals surface area contributed by atoms with Gasteiger partial charge < -0.3 is 14.3 Å². The number of nitrogens with one attached hydrogen (secondary N) is 1. The third-order valence-corrected chi connectivity index (χ3v) is 9.03. The van der Waals surface area contributed by atoms with Gasteiger partial charge in [0.15, 0.2) is 0 Å². The molecule has 6 heteroatoms. The van der Waals surface area contributed by atoms with Gasteiger partial charge in [-0.05, 0) is 68.6 Å². The molecule has 0 radical (unpaired) electrons. The van der Waals surface area contributed by atoms with Crippen molar-refractivity contribution in [3.63, 3.8) is 0 Å². The van der Waals surface area contributed by atoms with Crippen molar-refractivity contribution in [1.82, 2.24) is 9.97 Å². The molecule has 1 fully saturated rings. The molecular formula is C31H27BN2O2S. The van der Waals surface area contributed by atoms with Gasteiger partial charge in [-0.25, -0.2) is 4.98 Å². The van der Waals surface area contributed by atoms with Crippen LogP contribution in [0.25, 0.3) is 53.7 Å². The van der Waals surface area contributed by atoms with E-state index in [-0.39, 0.29) is 18.3 Å². The van der Waals surface area contributed by atoms with Crippen molar-refractivity contribution in [2.75, 3.05) is 0 Å². The lowest BCUT2D eigenvalue weighted by molar-refractivity contribution is 0.00578. The van der Waals surface area contributed by atoms with Gasteiger partial charge in [0.25, 0.3) is 0 Å². The van der Waals surface area contributed by atoms with Gasteiger partial charge in [-0.15, -0.1) is 11.3 Å². The average Bonchev–Trinajstić information content (AvgIpc) is 3.55. The van der Waals surface area contributed by atoms with Crippen molar-refractivity contribution in [3.05, 3.63) is 84.9 Å². The third-order valence-electron chi connectivity index (χ3n) is 7.89. The number of fused-ring (bicyclic) bond motifs is 5. The number of nitrogens with zero attached hydrogens (tertiary/aromatic N) is 1. The van der Waals surface area contributed by atoms with Gasteiger partial charge in [0.1, 0.15) is 5.01 Å². The predicted molar refractivity (Wildman–Crippen MR) is 156 cm³/mol. The molecule has 0 spiro atoms. The summed E-state index contributed by atoms with van der Waals surface area (Å²) in [4.78, 5) is 8.58. The molecular weight excluding hydrogens is 475 g/mol. The number of rotatable bonds is 3. The van der Waals surface area contributed by atoms with Crippen molar-refractivity contribution in [2.45, 2.75) is 38.9 Å². The van der Waals surface area contributed by atoms with E-state index in [4.69, 9.17) is 14.3 Å². The number of thiazole rings is 1. The maximum atomic E-state index is 6.30. The highest BCUT2D eigenvalue weighted by Gasteiger charge is 2.51. The van der Waals surface area contributed by atoms with Gasteiger partial charge in [0.2, 0.25) is 0 Å². The fraction of sp³-hybridized carbons (Fsp3) is 0.194. The number of hydrogen-bond acceptors (Lipinski definition) is 4. The van der Waals surface area contributed by atoms with E-state index in [1.54, 1.807) is 11.3 Å². The molecule has 37 heavy (non-hydrogen) atoms. The summed E-state index contributed by atoms with van der Waals surface area (Å²) in [5.74, 6) is 0. The van der Waals surface area contributed by atoms with Gasteiger partial charge in [0.05, 0.1) is 26.9 Å². The van der Waals surface area contributed by atoms with E-state index in [1.165, 1.54) is 21.0 Å². The van der Waals surface area contributed by atoms with Gasteiger partial charge in [-0.1, -0.05) is 60.7 Å². The van der Waals surface area contributed by atoms with Crippen LogP contribution in [0.3, 0.4) is 0 Å². The van der Waals surface area contributed by atoms with Crippen LogP contribution in [0.1, 0.15) is 27.7 Å². The number of benzene rings is 4. The summed E-state index contributed by atoms with van der Waals surface area (Å²) in [6, 6.07) is 29.9. The second-order valence-corrected chi connectivity index (χ2v) is 11.8. The zero-order valence-electron chi connectivity index (χ0n) is 21.3. The van der Waals surface area contributed by atoms with Crippen LogP contribution in [0, 0.1) is 0 Å². The van der Waals surface area contributed by atoms with Crippen LogP contribution >= 0.6 is 11.3 Å². The molecule has 1 aliphatic rings. The Bertz CT molecular complexity index is 1790. The zero-order valence-corrected chi connectivity index (χ0v) is 22.1. The molecule has 1 aliphatic heterocycles. The first-order valence-electron chi connectivity index (χ1n) is 12.7. The highest BCUT2D eigenvalue weighted by Crippen LogP contribution is 2.39. The highest BCUT2D eigenvalue weighted by atomic mass is 32.1. The van der Waals surface area contributed by atoms with Gasteiger partial charge >= 0.3 is 7.12 Å². The lowest BCUT2D eigenvalue weighted by atomic mass is 9.78. The Morgan fingerprint density at radius 2 is 1.46 bits per heavy atom. The molecule has 0 saturated carbocycles. The van der Waals surface area contributed by atoms with Crippen LogP contribution in [-0.2, 0) is 9.31 Å². The average molecular weight is 502 g/mol. The zero-order chi connectivity index (χ0) is 25.4. The largest absolute Gasteiger partial charge is 0.494 e. The maximum absolute atomic E-state index is 6.30. The van der Waals surface area contributed by atoms with Gasteiger partial charge in [-0.2, -0.15) is 0 Å². The fourth-order valence-corrected chi connectivity index (χ4v) is 6.15. The molecule has 0 bridgehead atoms. The Labute approximate surface area is 220 Å². The smallest absolute Gasteiger partial charge is 0.399 e. The topological polar surface area (TPSA) is 47.1 Å². The van der Waals surface area contributed by atoms with Gasteiger partial charge in [0, 0.05) is 21.9 Å². The first-order chi connectivity index (χ1) is 17.8. The van der Waals surface area contributed by atoms with E-state index >= 15 is 0 Å². The first kappa shape index (κ1) is 22.7. The van der Waals surface area contributed by atoms with E-state index in [1.807, 2.05) is 6.07 Å². The molecule has 2 aromatic heterocycles. The molecule has 4 nitrogen and oxygen atoms in total. The molecule has 3 heterocycles. The van der Waals surface area contributed by atoms with Crippen LogP contribution in [0.4, 0.5) is 0 Å². The third kappa shape index (κ3) is 3.63.